The van der Waals surface area contributed by atoms with Gasteiger partial charge in [0.05, 0.1) is 17.5 Å². The molecule has 0 saturated carbocycles. The Balaban J connectivity index is 1.62. The highest BCUT2D eigenvalue weighted by Crippen LogP contribution is 2.39. The van der Waals surface area contributed by atoms with Crippen LogP contribution in [0.1, 0.15) is 27.0 Å². The normalized spacial score (nSPS) is 11.4. The summed E-state index contributed by atoms with van der Waals surface area (Å²) in [5.41, 5.74) is 0.470. The third kappa shape index (κ3) is 5.40. The molecule has 0 aliphatic carbocycles. The number of fused-ring (bicyclic) bond motifs is 1. The second-order valence-electron chi connectivity index (χ2n) is 8.84. The Labute approximate surface area is 220 Å². The molecule has 4 nitrogen and oxygen atoms in total. The van der Waals surface area contributed by atoms with Crippen molar-refractivity contribution in [2.45, 2.75) is 12.6 Å². The lowest BCUT2D eigenvalue weighted by atomic mass is 9.91. The molecule has 0 atom stereocenters. The molecule has 8 heteroatoms. The molecule has 0 radical (unpaired) electrons. The average molecular weight is 529 g/mol. The molecule has 0 aliphatic rings. The van der Waals surface area contributed by atoms with Gasteiger partial charge in [0.2, 0.25) is 5.91 Å². The number of rotatable bonds is 6. The Kier molecular flexibility index (Phi) is 6.94. The first kappa shape index (κ1) is 25.8. The van der Waals surface area contributed by atoms with Gasteiger partial charge in [0, 0.05) is 34.0 Å². The summed E-state index contributed by atoms with van der Waals surface area (Å²) in [6.45, 7) is 0. The van der Waals surface area contributed by atoms with E-state index in [2.05, 4.69) is 10.3 Å². The topological polar surface area (TPSA) is 59.1 Å². The zero-order chi connectivity index (χ0) is 27.6. The minimum Gasteiger partial charge on any atom is -0.326 e. The Hall–Kier alpha value is -4.85. The molecule has 0 saturated heterocycles. The second kappa shape index (κ2) is 10.5. The average Bonchev–Trinajstić information content (AvgIpc) is 2.93. The first-order valence-corrected chi connectivity index (χ1v) is 11.9. The quantitative estimate of drug-likeness (QED) is 0.184. The van der Waals surface area contributed by atoms with Crippen molar-refractivity contribution >= 4 is 28.3 Å². The van der Waals surface area contributed by atoms with Crippen molar-refractivity contribution in [1.29, 1.82) is 0 Å². The molecular formula is C31H20F4N2O2. The lowest BCUT2D eigenvalue weighted by molar-refractivity contribution is -0.136. The van der Waals surface area contributed by atoms with Gasteiger partial charge in [0.1, 0.15) is 5.82 Å². The standard InChI is InChI=1S/C31H20F4N2O2/c32-26-15-5-4-10-20(26)17-27(38)37-22-12-6-11-21(16-22)28-23-13-7-14-25(31(33,34)35)29(23)36-18-24(28)30(39)19-8-2-1-3-9-19/h1-16,18H,17H2,(H,37,38). The molecule has 39 heavy (non-hydrogen) atoms. The smallest absolute Gasteiger partial charge is 0.326 e. The highest BCUT2D eigenvalue weighted by Gasteiger charge is 2.34. The number of carbonyl (C=O) groups is 2. The first-order chi connectivity index (χ1) is 18.7. The van der Waals surface area contributed by atoms with Crippen LogP contribution in [0, 0.1) is 5.82 Å². The van der Waals surface area contributed by atoms with Crippen LogP contribution in [0.3, 0.4) is 0 Å². The number of alkyl halides is 3. The summed E-state index contributed by atoms with van der Waals surface area (Å²) < 4.78 is 55.4. The third-order valence-corrected chi connectivity index (χ3v) is 6.23. The number of anilines is 1. The number of carbonyl (C=O) groups excluding carboxylic acids is 2. The molecule has 4 aromatic carbocycles. The van der Waals surface area contributed by atoms with Gasteiger partial charge < -0.3 is 5.32 Å². The Morgan fingerprint density at radius 2 is 1.54 bits per heavy atom. The first-order valence-electron chi connectivity index (χ1n) is 11.9. The molecular weight excluding hydrogens is 508 g/mol. The number of pyridine rings is 1. The molecule has 1 amide bonds. The summed E-state index contributed by atoms with van der Waals surface area (Å²) in [5.74, 6) is -1.39. The lowest BCUT2D eigenvalue weighted by Crippen LogP contribution is -2.15. The van der Waals surface area contributed by atoms with Crippen LogP contribution in [0.25, 0.3) is 22.0 Å². The Morgan fingerprint density at radius 3 is 2.28 bits per heavy atom. The van der Waals surface area contributed by atoms with Gasteiger partial charge in [-0.25, -0.2) is 4.39 Å². The van der Waals surface area contributed by atoms with E-state index in [1.54, 1.807) is 60.7 Å². The number of ketones is 1. The maximum Gasteiger partial charge on any atom is 0.418 e. The van der Waals surface area contributed by atoms with E-state index >= 15 is 0 Å². The van der Waals surface area contributed by atoms with Crippen LogP contribution >= 0.6 is 0 Å². The van der Waals surface area contributed by atoms with Crippen LogP contribution in [-0.4, -0.2) is 16.7 Å². The molecule has 1 heterocycles. The van der Waals surface area contributed by atoms with Gasteiger partial charge in [-0.1, -0.05) is 72.8 Å². The molecule has 194 valence electrons. The van der Waals surface area contributed by atoms with Gasteiger partial charge in [0.15, 0.2) is 5.78 Å². The molecule has 0 bridgehead atoms. The van der Waals surface area contributed by atoms with Gasteiger partial charge in [-0.3, -0.25) is 14.6 Å². The van der Waals surface area contributed by atoms with Crippen LogP contribution in [0.4, 0.5) is 23.2 Å². The number of nitrogens with zero attached hydrogens (tertiary/aromatic N) is 1. The number of halogens is 4. The van der Waals surface area contributed by atoms with Crippen molar-refractivity contribution in [3.63, 3.8) is 0 Å². The highest BCUT2D eigenvalue weighted by molar-refractivity contribution is 6.17. The summed E-state index contributed by atoms with van der Waals surface area (Å²) in [7, 11) is 0. The van der Waals surface area contributed by atoms with Crippen molar-refractivity contribution < 1.29 is 27.2 Å². The van der Waals surface area contributed by atoms with Crippen LogP contribution in [-0.2, 0) is 17.4 Å². The van der Waals surface area contributed by atoms with E-state index < -0.39 is 29.2 Å². The third-order valence-electron chi connectivity index (χ3n) is 6.23. The van der Waals surface area contributed by atoms with E-state index in [9.17, 15) is 27.2 Å². The van der Waals surface area contributed by atoms with Gasteiger partial charge in [-0.15, -0.1) is 0 Å². The fraction of sp³-hybridized carbons (Fsp3) is 0.0645. The summed E-state index contributed by atoms with van der Waals surface area (Å²) in [6, 6.07) is 24.4. The number of aromatic nitrogens is 1. The summed E-state index contributed by atoms with van der Waals surface area (Å²) >= 11 is 0. The minimum absolute atomic E-state index is 0.114. The van der Waals surface area contributed by atoms with E-state index in [0.717, 1.165) is 12.3 Å². The largest absolute Gasteiger partial charge is 0.418 e. The summed E-state index contributed by atoms with van der Waals surface area (Å²) in [4.78, 5) is 30.2. The lowest BCUT2D eigenvalue weighted by Gasteiger charge is -2.16. The maximum atomic E-state index is 14.0. The predicted molar refractivity (Wildman–Crippen MR) is 141 cm³/mol. The number of nitrogens with one attached hydrogen (secondary N) is 1. The monoisotopic (exact) mass is 528 g/mol. The predicted octanol–water partition coefficient (Wildman–Crippen LogP) is 7.47. The SMILES string of the molecule is O=C(Cc1ccccc1F)Nc1cccc(-c2c(C(=O)c3ccccc3)cnc3c(C(F)(F)F)cccc23)c1. The van der Waals surface area contributed by atoms with Gasteiger partial charge in [0.25, 0.3) is 0 Å². The Morgan fingerprint density at radius 1 is 0.821 bits per heavy atom. The van der Waals surface area contributed by atoms with Crippen molar-refractivity contribution in [2.75, 3.05) is 5.32 Å². The highest BCUT2D eigenvalue weighted by atomic mass is 19.4. The number of hydrogen-bond donors (Lipinski definition) is 1. The number of para-hydroxylation sites is 1. The van der Waals surface area contributed by atoms with Gasteiger partial charge >= 0.3 is 6.18 Å². The second-order valence-corrected chi connectivity index (χ2v) is 8.84. The Bertz CT molecular complexity index is 1700. The molecule has 1 aromatic heterocycles. The fourth-order valence-corrected chi connectivity index (χ4v) is 4.45. The van der Waals surface area contributed by atoms with Crippen LogP contribution in [0.5, 0.6) is 0 Å². The van der Waals surface area contributed by atoms with E-state index in [1.165, 1.54) is 30.3 Å². The fourth-order valence-electron chi connectivity index (χ4n) is 4.45. The molecule has 0 aliphatic heterocycles. The van der Waals surface area contributed by atoms with Crippen LogP contribution < -0.4 is 5.32 Å². The van der Waals surface area contributed by atoms with Crippen molar-refractivity contribution in [3.8, 4) is 11.1 Å². The molecule has 0 fully saturated rings. The molecule has 0 spiro atoms. The van der Waals surface area contributed by atoms with Crippen molar-refractivity contribution in [3.05, 3.63) is 131 Å². The number of hydrogen-bond acceptors (Lipinski definition) is 3. The van der Waals surface area contributed by atoms with Crippen LogP contribution in [0.2, 0.25) is 0 Å². The van der Waals surface area contributed by atoms with Crippen molar-refractivity contribution in [2.24, 2.45) is 0 Å². The van der Waals surface area contributed by atoms with Crippen molar-refractivity contribution in [1.82, 2.24) is 4.98 Å². The molecule has 0 unspecified atom stereocenters. The zero-order valence-electron chi connectivity index (χ0n) is 20.3. The van der Waals surface area contributed by atoms with E-state index in [1.807, 2.05) is 0 Å². The van der Waals surface area contributed by atoms with E-state index in [0.29, 0.717) is 16.8 Å². The molecule has 5 aromatic rings. The maximum absolute atomic E-state index is 14.0. The zero-order valence-corrected chi connectivity index (χ0v) is 20.3. The van der Waals surface area contributed by atoms with E-state index in [4.69, 9.17) is 0 Å². The van der Waals surface area contributed by atoms with Gasteiger partial charge in [-0.05, 0) is 35.4 Å². The van der Waals surface area contributed by atoms with E-state index in [-0.39, 0.29) is 34.0 Å². The minimum atomic E-state index is -4.66. The summed E-state index contributed by atoms with van der Waals surface area (Å²) in [5, 5.41) is 2.85. The number of amides is 1. The number of benzene rings is 4. The molecule has 5 rings (SSSR count). The van der Waals surface area contributed by atoms with Gasteiger partial charge in [-0.2, -0.15) is 13.2 Å². The van der Waals surface area contributed by atoms with Crippen LogP contribution in [0.15, 0.2) is 103 Å². The molecule has 1 N–H and O–H groups in total. The summed E-state index contributed by atoms with van der Waals surface area (Å²) in [6.07, 6.45) is -3.70.